The van der Waals surface area contributed by atoms with Crippen LogP contribution < -0.4 is 5.32 Å². The van der Waals surface area contributed by atoms with Gasteiger partial charge in [0.05, 0.1) is 28.9 Å². The minimum atomic E-state index is -4.71. The van der Waals surface area contributed by atoms with E-state index in [1.807, 2.05) is 0 Å². The standard InChI is InChI=1S/C19H25F3N4O4/c1-16(2,3)30-15(28)24-17-9-18(10-17,11-17)26-7-12(6-23-26)14(27)25-5-4-13(8-25)29-19(20,21)22/h6-7,13H,4-5,8-11H2,1-3H3,(H,24,28)/t13-,17?,18?/m0/s1. The number of carbonyl (C=O) groups is 2. The van der Waals surface area contributed by atoms with Gasteiger partial charge < -0.3 is 15.0 Å². The lowest BCUT2D eigenvalue weighted by Gasteiger charge is -2.69. The normalized spacial score (nSPS) is 30.5. The van der Waals surface area contributed by atoms with Gasteiger partial charge in [-0.05, 0) is 46.5 Å². The zero-order valence-corrected chi connectivity index (χ0v) is 17.1. The molecule has 1 aromatic heterocycles. The summed E-state index contributed by atoms with van der Waals surface area (Å²) >= 11 is 0. The predicted molar refractivity (Wildman–Crippen MR) is 97.6 cm³/mol. The van der Waals surface area contributed by atoms with Gasteiger partial charge in [0.1, 0.15) is 5.60 Å². The highest BCUT2D eigenvalue weighted by molar-refractivity contribution is 5.94. The molecule has 30 heavy (non-hydrogen) atoms. The lowest BCUT2D eigenvalue weighted by Crippen LogP contribution is -2.79. The summed E-state index contributed by atoms with van der Waals surface area (Å²) in [4.78, 5) is 26.0. The molecule has 2 amide bonds. The largest absolute Gasteiger partial charge is 0.522 e. The molecule has 0 radical (unpaired) electrons. The van der Waals surface area contributed by atoms with Crippen LogP contribution >= 0.6 is 0 Å². The second kappa shape index (κ2) is 6.60. The maximum Gasteiger partial charge on any atom is 0.522 e. The number of halogens is 3. The molecule has 0 unspecified atom stereocenters. The zero-order valence-electron chi connectivity index (χ0n) is 17.1. The van der Waals surface area contributed by atoms with Crippen molar-refractivity contribution in [3.05, 3.63) is 18.0 Å². The molecule has 1 N–H and O–H groups in total. The van der Waals surface area contributed by atoms with Crippen LogP contribution in [0.1, 0.15) is 56.8 Å². The van der Waals surface area contributed by atoms with E-state index in [0.717, 1.165) is 0 Å². The van der Waals surface area contributed by atoms with Crippen molar-refractivity contribution in [2.24, 2.45) is 0 Å². The number of alkyl halides is 3. The number of amides is 2. The van der Waals surface area contributed by atoms with Gasteiger partial charge in [0.15, 0.2) is 0 Å². The Bertz CT molecular complexity index is 841. The first-order valence-electron chi connectivity index (χ1n) is 9.88. The molecule has 0 spiro atoms. The van der Waals surface area contributed by atoms with Crippen molar-refractivity contribution >= 4 is 12.0 Å². The summed E-state index contributed by atoms with van der Waals surface area (Å²) in [6.45, 7) is 5.51. The summed E-state index contributed by atoms with van der Waals surface area (Å²) in [7, 11) is 0. The van der Waals surface area contributed by atoms with Crippen molar-refractivity contribution in [3.8, 4) is 0 Å². The van der Waals surface area contributed by atoms with Gasteiger partial charge in [0.25, 0.3) is 5.91 Å². The Labute approximate surface area is 171 Å². The summed E-state index contributed by atoms with van der Waals surface area (Å²) in [6.07, 6.45) is -0.896. The number of alkyl carbamates (subject to hydrolysis) is 1. The Balaban J connectivity index is 1.31. The summed E-state index contributed by atoms with van der Waals surface area (Å²) in [5.74, 6) is -0.359. The number of ether oxygens (including phenoxy) is 2. The van der Waals surface area contributed by atoms with E-state index >= 15 is 0 Å². The number of nitrogens with one attached hydrogen (secondary N) is 1. The molecule has 1 atom stereocenters. The van der Waals surface area contributed by atoms with Gasteiger partial charge in [0.2, 0.25) is 0 Å². The third-order valence-electron chi connectivity index (χ3n) is 5.82. The maximum absolute atomic E-state index is 12.6. The fourth-order valence-corrected chi connectivity index (χ4v) is 4.70. The van der Waals surface area contributed by atoms with E-state index in [0.29, 0.717) is 24.8 Å². The first-order valence-corrected chi connectivity index (χ1v) is 9.88. The molecule has 11 heteroatoms. The molecule has 0 aromatic carbocycles. The Morgan fingerprint density at radius 2 is 1.90 bits per heavy atom. The lowest BCUT2D eigenvalue weighted by atomic mass is 9.44. The number of carbonyl (C=O) groups excluding carboxylic acids is 2. The lowest BCUT2D eigenvalue weighted by molar-refractivity contribution is -0.340. The van der Waals surface area contributed by atoms with Crippen LogP contribution in [0.25, 0.3) is 0 Å². The highest BCUT2D eigenvalue weighted by Crippen LogP contribution is 2.65. The van der Waals surface area contributed by atoms with Crippen LogP contribution in [-0.4, -0.2) is 63.4 Å². The molecule has 4 fully saturated rings. The first-order chi connectivity index (χ1) is 13.8. The number of aromatic nitrogens is 2. The van der Waals surface area contributed by atoms with Gasteiger partial charge in [-0.25, -0.2) is 4.79 Å². The Morgan fingerprint density at radius 3 is 2.50 bits per heavy atom. The number of nitrogens with zero attached hydrogens (tertiary/aromatic N) is 3. The van der Waals surface area contributed by atoms with Crippen molar-refractivity contribution in [2.45, 2.75) is 75.6 Å². The molecule has 8 nitrogen and oxygen atoms in total. The fourth-order valence-electron chi connectivity index (χ4n) is 4.70. The fraction of sp³-hybridized carbons (Fsp3) is 0.737. The number of rotatable bonds is 4. The van der Waals surface area contributed by atoms with Crippen molar-refractivity contribution in [1.82, 2.24) is 20.0 Å². The third kappa shape index (κ3) is 3.99. The quantitative estimate of drug-likeness (QED) is 0.794. The summed E-state index contributed by atoms with van der Waals surface area (Å²) in [5, 5.41) is 7.23. The zero-order chi connectivity index (χ0) is 21.9. The summed E-state index contributed by atoms with van der Waals surface area (Å²) < 4.78 is 48.1. The molecule has 1 aliphatic heterocycles. The molecule has 2 heterocycles. The van der Waals surface area contributed by atoms with Crippen LogP contribution in [0.5, 0.6) is 0 Å². The first kappa shape index (κ1) is 21.0. The van der Waals surface area contributed by atoms with Crippen LogP contribution in [0.4, 0.5) is 18.0 Å². The summed E-state index contributed by atoms with van der Waals surface area (Å²) in [5.41, 5.74) is -0.764. The number of likely N-dealkylation sites (tertiary alicyclic amines) is 1. The van der Waals surface area contributed by atoms with Crippen LogP contribution in [0.3, 0.4) is 0 Å². The molecule has 3 saturated carbocycles. The van der Waals surface area contributed by atoms with Crippen molar-refractivity contribution < 1.29 is 32.2 Å². The van der Waals surface area contributed by atoms with E-state index < -0.39 is 24.2 Å². The molecule has 1 aromatic rings. The average molecular weight is 430 g/mol. The molecule has 1 saturated heterocycles. The Morgan fingerprint density at radius 1 is 1.23 bits per heavy atom. The van der Waals surface area contributed by atoms with Gasteiger partial charge in [-0.1, -0.05) is 0 Å². The second-order valence-corrected chi connectivity index (χ2v) is 9.56. The van der Waals surface area contributed by atoms with Crippen LogP contribution in [0.2, 0.25) is 0 Å². The minimum absolute atomic E-state index is 0.0996. The SMILES string of the molecule is CC(C)(C)OC(=O)NC12CC(n3cc(C(=O)N4CC[C@H](OC(F)(F)F)C4)cn3)(C1)C2. The van der Waals surface area contributed by atoms with E-state index in [-0.39, 0.29) is 36.5 Å². The molecule has 5 rings (SSSR count). The topological polar surface area (TPSA) is 85.7 Å². The van der Waals surface area contributed by atoms with E-state index in [1.165, 1.54) is 11.1 Å². The molecule has 3 aliphatic carbocycles. The molecule has 2 bridgehead atoms. The smallest absolute Gasteiger partial charge is 0.444 e. The highest BCUT2D eigenvalue weighted by atomic mass is 19.4. The molecule has 4 aliphatic rings. The third-order valence-corrected chi connectivity index (χ3v) is 5.82. The minimum Gasteiger partial charge on any atom is -0.444 e. The van der Waals surface area contributed by atoms with Crippen LogP contribution in [0, 0.1) is 0 Å². The maximum atomic E-state index is 12.6. The Hall–Kier alpha value is -2.30. The number of hydrogen-bond donors (Lipinski definition) is 1. The van der Waals surface area contributed by atoms with Crippen molar-refractivity contribution in [1.29, 1.82) is 0 Å². The average Bonchev–Trinajstić information content (AvgIpc) is 3.14. The van der Waals surface area contributed by atoms with E-state index in [9.17, 15) is 22.8 Å². The van der Waals surface area contributed by atoms with Crippen LogP contribution in [0.15, 0.2) is 12.4 Å². The van der Waals surface area contributed by atoms with Crippen molar-refractivity contribution in [3.63, 3.8) is 0 Å². The second-order valence-electron chi connectivity index (χ2n) is 9.56. The van der Waals surface area contributed by atoms with Gasteiger partial charge in [-0.15, -0.1) is 13.2 Å². The Kier molecular flexibility index (Phi) is 4.61. The monoisotopic (exact) mass is 430 g/mol. The van der Waals surface area contributed by atoms with Gasteiger partial charge in [-0.3, -0.25) is 14.2 Å². The van der Waals surface area contributed by atoms with E-state index in [1.54, 1.807) is 31.6 Å². The molecule has 166 valence electrons. The number of hydrogen-bond acceptors (Lipinski definition) is 5. The van der Waals surface area contributed by atoms with Gasteiger partial charge >= 0.3 is 12.5 Å². The van der Waals surface area contributed by atoms with Gasteiger partial charge in [-0.2, -0.15) is 5.10 Å². The van der Waals surface area contributed by atoms with Gasteiger partial charge in [0, 0.05) is 19.3 Å². The molecular weight excluding hydrogens is 405 g/mol. The van der Waals surface area contributed by atoms with E-state index in [4.69, 9.17) is 4.74 Å². The summed E-state index contributed by atoms with van der Waals surface area (Å²) in [6, 6.07) is 0. The van der Waals surface area contributed by atoms with Crippen LogP contribution in [-0.2, 0) is 15.0 Å². The van der Waals surface area contributed by atoms with E-state index in [2.05, 4.69) is 15.2 Å². The van der Waals surface area contributed by atoms with Crippen molar-refractivity contribution in [2.75, 3.05) is 13.1 Å². The molecular formula is C19H25F3N4O4. The highest BCUT2D eigenvalue weighted by Gasteiger charge is 2.70. The predicted octanol–water partition coefficient (Wildman–Crippen LogP) is 2.79.